The van der Waals surface area contributed by atoms with Crippen LogP contribution in [0.25, 0.3) is 0 Å². The first kappa shape index (κ1) is 15.7. The summed E-state index contributed by atoms with van der Waals surface area (Å²) in [5, 5.41) is 11.5. The monoisotopic (exact) mass is 278 g/mol. The molecule has 0 aliphatic carbocycles. The standard InChI is InChI=1S/C14H18N2O4/c1-3-15-12(17)9-16(4-2)13(18)10-6-5-7-11(8-10)14(19)20/h5-8H,3-4,9H2,1-2H3,(H,15,17)(H,19,20). The molecule has 2 N–H and O–H groups in total. The number of nitrogens with zero attached hydrogens (tertiary/aromatic N) is 1. The van der Waals surface area contributed by atoms with E-state index in [1.54, 1.807) is 13.8 Å². The molecule has 0 aromatic heterocycles. The zero-order valence-electron chi connectivity index (χ0n) is 11.5. The molecule has 6 nitrogen and oxygen atoms in total. The molecule has 0 atom stereocenters. The Morgan fingerprint density at radius 3 is 2.40 bits per heavy atom. The highest BCUT2D eigenvalue weighted by atomic mass is 16.4. The Balaban J connectivity index is 2.88. The Morgan fingerprint density at radius 1 is 1.20 bits per heavy atom. The fourth-order valence-electron chi connectivity index (χ4n) is 1.72. The van der Waals surface area contributed by atoms with Crippen LogP contribution >= 0.6 is 0 Å². The van der Waals surface area contributed by atoms with Crippen molar-refractivity contribution in [2.24, 2.45) is 0 Å². The maximum atomic E-state index is 12.2. The van der Waals surface area contributed by atoms with Crippen molar-refractivity contribution in [3.05, 3.63) is 35.4 Å². The maximum Gasteiger partial charge on any atom is 0.335 e. The van der Waals surface area contributed by atoms with Crippen LogP contribution < -0.4 is 5.32 Å². The number of hydrogen-bond acceptors (Lipinski definition) is 3. The van der Waals surface area contributed by atoms with Crippen molar-refractivity contribution in [1.29, 1.82) is 0 Å². The van der Waals surface area contributed by atoms with E-state index < -0.39 is 5.97 Å². The highest BCUT2D eigenvalue weighted by molar-refractivity contribution is 5.98. The molecular weight excluding hydrogens is 260 g/mol. The van der Waals surface area contributed by atoms with Gasteiger partial charge in [-0.05, 0) is 32.0 Å². The van der Waals surface area contributed by atoms with Gasteiger partial charge in [-0.15, -0.1) is 0 Å². The molecule has 2 amide bonds. The quantitative estimate of drug-likeness (QED) is 0.812. The first-order chi connectivity index (χ1) is 9.49. The van der Waals surface area contributed by atoms with Crippen molar-refractivity contribution in [3.63, 3.8) is 0 Å². The number of carbonyl (C=O) groups excluding carboxylic acids is 2. The highest BCUT2D eigenvalue weighted by Crippen LogP contribution is 2.08. The first-order valence-corrected chi connectivity index (χ1v) is 6.38. The summed E-state index contributed by atoms with van der Waals surface area (Å²) < 4.78 is 0. The number of rotatable bonds is 6. The minimum absolute atomic E-state index is 0.0412. The number of carboxylic acid groups (broad SMARTS) is 1. The third kappa shape index (κ3) is 4.08. The Morgan fingerprint density at radius 2 is 1.85 bits per heavy atom. The van der Waals surface area contributed by atoms with Crippen LogP contribution in [0, 0.1) is 0 Å². The van der Waals surface area contributed by atoms with Gasteiger partial charge in [0.1, 0.15) is 0 Å². The lowest BCUT2D eigenvalue weighted by Crippen LogP contribution is -2.40. The topological polar surface area (TPSA) is 86.7 Å². The van der Waals surface area contributed by atoms with Crippen molar-refractivity contribution in [3.8, 4) is 0 Å². The molecule has 0 spiro atoms. The van der Waals surface area contributed by atoms with E-state index >= 15 is 0 Å². The van der Waals surface area contributed by atoms with Crippen LogP contribution in [0.2, 0.25) is 0 Å². The fraction of sp³-hybridized carbons (Fsp3) is 0.357. The predicted octanol–water partition coefficient (Wildman–Crippen LogP) is 0.983. The summed E-state index contributed by atoms with van der Waals surface area (Å²) in [7, 11) is 0. The Bertz CT molecular complexity index is 514. The van der Waals surface area contributed by atoms with E-state index in [-0.39, 0.29) is 29.5 Å². The van der Waals surface area contributed by atoms with Gasteiger partial charge in [0, 0.05) is 18.7 Å². The molecule has 0 heterocycles. The van der Waals surface area contributed by atoms with Crippen LogP contribution in [0.15, 0.2) is 24.3 Å². The van der Waals surface area contributed by atoms with Crippen LogP contribution in [0.3, 0.4) is 0 Å². The van der Waals surface area contributed by atoms with E-state index in [0.29, 0.717) is 13.1 Å². The SMILES string of the molecule is CCNC(=O)CN(CC)C(=O)c1cccc(C(=O)O)c1. The van der Waals surface area contributed by atoms with Gasteiger partial charge in [0.25, 0.3) is 5.91 Å². The Kier molecular flexibility index (Phi) is 5.71. The smallest absolute Gasteiger partial charge is 0.335 e. The van der Waals surface area contributed by atoms with Gasteiger partial charge in [0.15, 0.2) is 0 Å². The molecule has 0 aliphatic rings. The lowest BCUT2D eigenvalue weighted by atomic mass is 10.1. The maximum absolute atomic E-state index is 12.2. The van der Waals surface area contributed by atoms with Crippen LogP contribution in [-0.4, -0.2) is 47.4 Å². The second-order valence-electron chi connectivity index (χ2n) is 4.16. The molecule has 1 aromatic carbocycles. The number of benzene rings is 1. The molecule has 0 radical (unpaired) electrons. The number of aromatic carboxylic acids is 1. The van der Waals surface area contributed by atoms with Crippen molar-refractivity contribution in [2.45, 2.75) is 13.8 Å². The number of carbonyl (C=O) groups is 3. The summed E-state index contributed by atoms with van der Waals surface area (Å²) in [6, 6.07) is 5.77. The normalized spacial score (nSPS) is 9.90. The van der Waals surface area contributed by atoms with E-state index in [1.807, 2.05) is 0 Å². The first-order valence-electron chi connectivity index (χ1n) is 6.38. The van der Waals surface area contributed by atoms with E-state index in [2.05, 4.69) is 5.32 Å². The Labute approximate surface area is 117 Å². The molecule has 108 valence electrons. The third-order valence-corrected chi connectivity index (χ3v) is 2.73. The van der Waals surface area contributed by atoms with Gasteiger partial charge in [0.2, 0.25) is 5.91 Å². The second kappa shape index (κ2) is 7.28. The van der Waals surface area contributed by atoms with Gasteiger partial charge in [-0.2, -0.15) is 0 Å². The summed E-state index contributed by atoms with van der Waals surface area (Å²) in [5.74, 6) is -1.69. The van der Waals surface area contributed by atoms with Gasteiger partial charge >= 0.3 is 5.97 Å². The van der Waals surface area contributed by atoms with E-state index in [4.69, 9.17) is 5.11 Å². The minimum atomic E-state index is -1.09. The lowest BCUT2D eigenvalue weighted by molar-refractivity contribution is -0.121. The van der Waals surface area contributed by atoms with Crippen LogP contribution in [-0.2, 0) is 4.79 Å². The van der Waals surface area contributed by atoms with Crippen molar-refractivity contribution >= 4 is 17.8 Å². The number of nitrogens with one attached hydrogen (secondary N) is 1. The summed E-state index contributed by atoms with van der Waals surface area (Å²) >= 11 is 0. The van der Waals surface area contributed by atoms with Crippen LogP contribution in [0.5, 0.6) is 0 Å². The second-order valence-corrected chi connectivity index (χ2v) is 4.16. The molecule has 0 unspecified atom stereocenters. The van der Waals surface area contributed by atoms with E-state index in [9.17, 15) is 14.4 Å². The molecule has 0 aliphatic heterocycles. The lowest BCUT2D eigenvalue weighted by Gasteiger charge is -2.20. The molecule has 0 saturated carbocycles. The van der Waals surface area contributed by atoms with Crippen LogP contribution in [0.4, 0.5) is 0 Å². The number of carboxylic acids is 1. The number of hydrogen-bond donors (Lipinski definition) is 2. The molecule has 0 saturated heterocycles. The summed E-state index contributed by atoms with van der Waals surface area (Å²) in [5.41, 5.74) is 0.306. The largest absolute Gasteiger partial charge is 0.478 e. The third-order valence-electron chi connectivity index (χ3n) is 2.73. The predicted molar refractivity (Wildman–Crippen MR) is 73.7 cm³/mol. The van der Waals surface area contributed by atoms with Crippen molar-refractivity contribution in [1.82, 2.24) is 10.2 Å². The van der Waals surface area contributed by atoms with Crippen molar-refractivity contribution in [2.75, 3.05) is 19.6 Å². The molecule has 6 heteroatoms. The molecular formula is C14H18N2O4. The molecule has 0 fully saturated rings. The zero-order valence-corrected chi connectivity index (χ0v) is 11.5. The molecule has 1 rings (SSSR count). The molecule has 20 heavy (non-hydrogen) atoms. The van der Waals surface area contributed by atoms with Gasteiger partial charge in [-0.25, -0.2) is 4.79 Å². The minimum Gasteiger partial charge on any atom is -0.478 e. The average molecular weight is 278 g/mol. The van der Waals surface area contributed by atoms with E-state index in [0.717, 1.165) is 0 Å². The van der Waals surface area contributed by atoms with E-state index in [1.165, 1.54) is 29.2 Å². The zero-order chi connectivity index (χ0) is 15.1. The van der Waals surface area contributed by atoms with Gasteiger partial charge in [-0.3, -0.25) is 9.59 Å². The molecule has 1 aromatic rings. The number of likely N-dealkylation sites (N-methyl/N-ethyl adjacent to an activating group) is 2. The average Bonchev–Trinajstić information content (AvgIpc) is 2.44. The Hall–Kier alpha value is -2.37. The highest BCUT2D eigenvalue weighted by Gasteiger charge is 2.18. The van der Waals surface area contributed by atoms with Gasteiger partial charge in [0.05, 0.1) is 12.1 Å². The number of amides is 2. The van der Waals surface area contributed by atoms with Crippen LogP contribution in [0.1, 0.15) is 34.6 Å². The summed E-state index contributed by atoms with van der Waals surface area (Å²) in [6.45, 7) is 4.39. The van der Waals surface area contributed by atoms with Crippen molar-refractivity contribution < 1.29 is 19.5 Å². The fourth-order valence-corrected chi connectivity index (χ4v) is 1.72. The summed E-state index contributed by atoms with van der Waals surface area (Å²) in [6.07, 6.45) is 0. The summed E-state index contributed by atoms with van der Waals surface area (Å²) in [4.78, 5) is 36.0. The van der Waals surface area contributed by atoms with Gasteiger partial charge in [-0.1, -0.05) is 6.07 Å². The van der Waals surface area contributed by atoms with Gasteiger partial charge < -0.3 is 15.3 Å². The molecule has 0 bridgehead atoms.